The largest absolute Gasteiger partial charge is 0.326 e. The summed E-state index contributed by atoms with van der Waals surface area (Å²) in [6, 6.07) is 8.95. The lowest BCUT2D eigenvalue weighted by Crippen LogP contribution is -2.41. The van der Waals surface area contributed by atoms with E-state index in [9.17, 15) is 27.7 Å². The van der Waals surface area contributed by atoms with Crippen molar-refractivity contribution >= 4 is 38.9 Å². The van der Waals surface area contributed by atoms with Gasteiger partial charge in [-0.2, -0.15) is 8.70 Å². The maximum Gasteiger partial charge on any atom is 0.306 e. The summed E-state index contributed by atoms with van der Waals surface area (Å²) >= 11 is 5.79. The number of piperidine rings is 1. The van der Waals surface area contributed by atoms with Crippen LogP contribution >= 0.6 is 11.6 Å². The lowest BCUT2D eigenvalue weighted by atomic mass is 9.97. The highest BCUT2D eigenvalue weighted by atomic mass is 35.5. The minimum absolute atomic E-state index is 0.110. The lowest BCUT2D eigenvalue weighted by molar-refractivity contribution is -0.387. The van der Waals surface area contributed by atoms with Crippen LogP contribution in [-0.4, -0.2) is 36.6 Å². The summed E-state index contributed by atoms with van der Waals surface area (Å²) in [5, 5.41) is 13.8. The molecule has 0 bridgehead atoms. The normalized spacial score (nSPS) is 15.8. The minimum atomic E-state index is -3.68. The second-order valence-electron chi connectivity index (χ2n) is 6.54. The number of hydrogen-bond donors (Lipinski definition) is 1. The van der Waals surface area contributed by atoms with Crippen LogP contribution in [0.5, 0.6) is 0 Å². The molecule has 1 heterocycles. The highest BCUT2D eigenvalue weighted by Gasteiger charge is 2.32. The van der Waals surface area contributed by atoms with Crippen LogP contribution in [0.3, 0.4) is 0 Å². The molecule has 0 aliphatic carbocycles. The molecule has 0 radical (unpaired) electrons. The second kappa shape index (κ2) is 8.44. The Kier molecular flexibility index (Phi) is 6.15. The second-order valence-corrected chi connectivity index (χ2v) is 8.92. The molecule has 3 rings (SSSR count). The topological polar surface area (TPSA) is 110 Å². The fourth-order valence-corrected chi connectivity index (χ4v) is 4.68. The third-order valence-electron chi connectivity index (χ3n) is 4.69. The van der Waals surface area contributed by atoms with E-state index in [2.05, 4.69) is 5.32 Å². The van der Waals surface area contributed by atoms with E-state index in [0.717, 1.165) is 12.1 Å². The quantitative estimate of drug-likeness (QED) is 0.564. The molecule has 11 heteroatoms. The molecular formula is C18H17ClFN3O5S. The van der Waals surface area contributed by atoms with Crippen LogP contribution in [0.2, 0.25) is 5.02 Å². The van der Waals surface area contributed by atoms with Crippen molar-refractivity contribution in [2.24, 2.45) is 5.92 Å². The summed E-state index contributed by atoms with van der Waals surface area (Å²) in [7, 11) is -3.68. The molecule has 2 aromatic carbocycles. The predicted molar refractivity (Wildman–Crippen MR) is 105 cm³/mol. The molecule has 1 aliphatic heterocycles. The fraction of sp³-hybridized carbons (Fsp3) is 0.278. The van der Waals surface area contributed by atoms with Gasteiger partial charge in [-0.3, -0.25) is 14.9 Å². The summed E-state index contributed by atoms with van der Waals surface area (Å²) in [4.78, 5) is 22.5. The van der Waals surface area contributed by atoms with Crippen molar-refractivity contribution in [1.29, 1.82) is 0 Å². The van der Waals surface area contributed by atoms with Crippen LogP contribution < -0.4 is 5.32 Å². The van der Waals surface area contributed by atoms with Gasteiger partial charge in [-0.15, -0.1) is 0 Å². The van der Waals surface area contributed by atoms with Gasteiger partial charge < -0.3 is 5.32 Å². The smallest absolute Gasteiger partial charge is 0.306 e. The fourth-order valence-electron chi connectivity index (χ4n) is 3.09. The van der Waals surface area contributed by atoms with E-state index in [-0.39, 0.29) is 23.7 Å². The Morgan fingerprint density at radius 1 is 1.17 bits per heavy atom. The monoisotopic (exact) mass is 441 g/mol. The number of sulfonamides is 1. The van der Waals surface area contributed by atoms with Crippen molar-refractivity contribution in [2.45, 2.75) is 17.7 Å². The molecule has 8 nitrogen and oxygen atoms in total. The van der Waals surface area contributed by atoms with Gasteiger partial charge in [0.05, 0.1) is 9.82 Å². The van der Waals surface area contributed by atoms with E-state index < -0.39 is 38.3 Å². The Morgan fingerprint density at radius 2 is 1.79 bits per heavy atom. The molecule has 2 aromatic rings. The van der Waals surface area contributed by atoms with E-state index in [4.69, 9.17) is 11.6 Å². The van der Waals surface area contributed by atoms with Crippen molar-refractivity contribution in [2.75, 3.05) is 18.4 Å². The summed E-state index contributed by atoms with van der Waals surface area (Å²) < 4.78 is 40.1. The number of nitrogens with one attached hydrogen (secondary N) is 1. The predicted octanol–water partition coefficient (Wildman–Crippen LogP) is 3.43. The van der Waals surface area contributed by atoms with Gasteiger partial charge in [-0.1, -0.05) is 11.6 Å². The molecule has 0 unspecified atom stereocenters. The van der Waals surface area contributed by atoms with Gasteiger partial charge in [0, 0.05) is 35.8 Å². The van der Waals surface area contributed by atoms with Crippen LogP contribution in [0.4, 0.5) is 15.8 Å². The standard InChI is InChI=1S/C18H17ClFN3O5S/c19-13-1-4-15(5-2-13)29(27,28)22-9-7-12(8-10-22)18(24)21-14-3-6-16(20)17(11-14)23(25)26/h1-6,11-12H,7-10H2,(H,21,24). The van der Waals surface area contributed by atoms with Crippen LogP contribution in [0.1, 0.15) is 12.8 Å². The number of benzene rings is 2. The highest BCUT2D eigenvalue weighted by molar-refractivity contribution is 7.89. The van der Waals surface area contributed by atoms with E-state index in [1.807, 2.05) is 0 Å². The number of nitro benzene ring substituents is 1. The van der Waals surface area contributed by atoms with E-state index in [0.29, 0.717) is 17.9 Å². The number of nitrogens with zero attached hydrogens (tertiary/aromatic N) is 2. The van der Waals surface area contributed by atoms with E-state index in [1.54, 1.807) is 0 Å². The maximum absolute atomic E-state index is 13.4. The molecular weight excluding hydrogens is 425 g/mol. The molecule has 1 N–H and O–H groups in total. The number of nitro groups is 1. The van der Waals surface area contributed by atoms with Crippen molar-refractivity contribution in [3.8, 4) is 0 Å². The van der Waals surface area contributed by atoms with E-state index in [1.165, 1.54) is 34.6 Å². The molecule has 0 atom stereocenters. The van der Waals surface area contributed by atoms with Gasteiger partial charge in [-0.25, -0.2) is 8.42 Å². The van der Waals surface area contributed by atoms with Crippen molar-refractivity contribution in [3.05, 3.63) is 63.4 Å². The zero-order valence-electron chi connectivity index (χ0n) is 15.0. The van der Waals surface area contributed by atoms with Gasteiger partial charge >= 0.3 is 5.69 Å². The maximum atomic E-state index is 13.4. The van der Waals surface area contributed by atoms with Gasteiger partial charge in [0.15, 0.2) is 0 Å². The Morgan fingerprint density at radius 3 is 2.38 bits per heavy atom. The molecule has 1 saturated heterocycles. The summed E-state index contributed by atoms with van der Waals surface area (Å²) in [5.41, 5.74) is -0.619. The number of carbonyl (C=O) groups excluding carboxylic acids is 1. The third-order valence-corrected chi connectivity index (χ3v) is 6.85. The first-order chi connectivity index (χ1) is 13.7. The van der Waals surface area contributed by atoms with Crippen LogP contribution in [-0.2, 0) is 14.8 Å². The van der Waals surface area contributed by atoms with Crippen molar-refractivity contribution in [3.63, 3.8) is 0 Å². The number of anilines is 1. The Balaban J connectivity index is 1.63. The number of carbonyl (C=O) groups is 1. The van der Waals surface area contributed by atoms with Gasteiger partial charge in [-0.05, 0) is 49.2 Å². The number of rotatable bonds is 5. The Bertz CT molecular complexity index is 1040. The molecule has 1 amide bonds. The number of halogens is 2. The average molecular weight is 442 g/mol. The zero-order chi connectivity index (χ0) is 21.2. The number of amides is 1. The summed E-state index contributed by atoms with van der Waals surface area (Å²) in [6.45, 7) is 0.319. The molecule has 0 aromatic heterocycles. The van der Waals surface area contributed by atoms with Crippen molar-refractivity contribution in [1.82, 2.24) is 4.31 Å². The van der Waals surface area contributed by atoms with Crippen molar-refractivity contribution < 1.29 is 22.5 Å². The zero-order valence-corrected chi connectivity index (χ0v) is 16.6. The van der Waals surface area contributed by atoms with Gasteiger partial charge in [0.1, 0.15) is 0 Å². The molecule has 0 saturated carbocycles. The molecule has 1 fully saturated rings. The first-order valence-corrected chi connectivity index (χ1v) is 10.5. The molecule has 1 aliphatic rings. The molecule has 154 valence electrons. The van der Waals surface area contributed by atoms with Crippen LogP contribution in [0.15, 0.2) is 47.4 Å². The van der Waals surface area contributed by atoms with Gasteiger partial charge in [0.2, 0.25) is 21.7 Å². The minimum Gasteiger partial charge on any atom is -0.326 e. The lowest BCUT2D eigenvalue weighted by Gasteiger charge is -2.30. The first-order valence-electron chi connectivity index (χ1n) is 8.69. The molecule has 0 spiro atoms. The van der Waals surface area contributed by atoms with E-state index >= 15 is 0 Å². The summed E-state index contributed by atoms with van der Waals surface area (Å²) in [5.74, 6) is -1.85. The Hall–Kier alpha value is -2.56. The third kappa shape index (κ3) is 4.72. The Labute approximate surface area is 171 Å². The van der Waals surface area contributed by atoms with Crippen LogP contribution in [0, 0.1) is 21.8 Å². The molecule has 29 heavy (non-hydrogen) atoms. The van der Waals surface area contributed by atoms with Gasteiger partial charge in [0.25, 0.3) is 0 Å². The average Bonchev–Trinajstić information content (AvgIpc) is 2.69. The number of hydrogen-bond acceptors (Lipinski definition) is 5. The highest BCUT2D eigenvalue weighted by Crippen LogP contribution is 2.27. The SMILES string of the molecule is O=C(Nc1ccc(F)c([N+](=O)[O-])c1)C1CCN(S(=O)(=O)c2ccc(Cl)cc2)CC1. The first kappa shape index (κ1) is 21.2. The van der Waals surface area contributed by atoms with Crippen LogP contribution in [0.25, 0.3) is 0 Å². The summed E-state index contributed by atoms with van der Waals surface area (Å²) in [6.07, 6.45) is 0.587.